The highest BCUT2D eigenvalue weighted by atomic mass is 19.4. The second-order valence-corrected chi connectivity index (χ2v) is 4.41. The summed E-state index contributed by atoms with van der Waals surface area (Å²) in [6, 6.07) is 1.43. The molecule has 0 unspecified atom stereocenters. The van der Waals surface area contributed by atoms with Crippen LogP contribution in [0.4, 0.5) is 30.5 Å². The van der Waals surface area contributed by atoms with Crippen molar-refractivity contribution in [2.45, 2.75) is 19.5 Å². The summed E-state index contributed by atoms with van der Waals surface area (Å²) in [6.07, 6.45) is -0.699. The van der Waals surface area contributed by atoms with Gasteiger partial charge in [0.1, 0.15) is 11.6 Å². The smallest absolute Gasteiger partial charge is 0.370 e. The van der Waals surface area contributed by atoms with Crippen molar-refractivity contribution in [3.05, 3.63) is 24.3 Å². The zero-order valence-electron chi connectivity index (χ0n) is 11.6. The van der Waals surface area contributed by atoms with Crippen LogP contribution in [0.5, 0.6) is 0 Å². The minimum Gasteiger partial charge on any atom is -0.370 e. The minimum absolute atomic E-state index is 0.0592. The molecule has 114 valence electrons. The quantitative estimate of drug-likeness (QED) is 0.888. The topological polar surface area (TPSA) is 67.7 Å². The molecule has 9 heteroatoms. The predicted octanol–water partition coefficient (Wildman–Crippen LogP) is 2.79. The number of halogens is 3. The lowest BCUT2D eigenvalue weighted by Gasteiger charge is -2.11. The number of nitrogens with zero attached hydrogens (tertiary/aromatic N) is 4. The molecule has 21 heavy (non-hydrogen) atoms. The standard InChI is InChI=1S/C12H15F3N6/c1-3-4-16-9-5-10(18-8-6-17-21(2)7-8)20-11(19-9)12(13,14)15/h5-7H,3-4H2,1-2H3,(H2,16,18,19,20). The molecule has 0 fully saturated rings. The molecule has 2 aromatic rings. The van der Waals surface area contributed by atoms with E-state index in [1.54, 1.807) is 13.2 Å². The predicted molar refractivity (Wildman–Crippen MR) is 72.3 cm³/mol. The molecule has 2 rings (SSSR count). The van der Waals surface area contributed by atoms with Crippen LogP contribution in [0.1, 0.15) is 19.2 Å². The third kappa shape index (κ3) is 4.07. The van der Waals surface area contributed by atoms with E-state index in [1.165, 1.54) is 16.9 Å². The van der Waals surface area contributed by atoms with Gasteiger partial charge in [0.25, 0.3) is 0 Å². The molecule has 0 aliphatic heterocycles. The lowest BCUT2D eigenvalue weighted by molar-refractivity contribution is -0.144. The van der Waals surface area contributed by atoms with E-state index < -0.39 is 12.0 Å². The first-order valence-corrected chi connectivity index (χ1v) is 6.34. The molecule has 0 spiro atoms. The van der Waals surface area contributed by atoms with Gasteiger partial charge in [0, 0.05) is 25.9 Å². The third-order valence-electron chi connectivity index (χ3n) is 2.51. The van der Waals surface area contributed by atoms with Gasteiger partial charge >= 0.3 is 6.18 Å². The van der Waals surface area contributed by atoms with Gasteiger partial charge in [-0.15, -0.1) is 0 Å². The molecule has 0 atom stereocenters. The fraction of sp³-hybridized carbons (Fsp3) is 0.417. The summed E-state index contributed by atoms with van der Waals surface area (Å²) < 4.78 is 40.0. The highest BCUT2D eigenvalue weighted by molar-refractivity contribution is 5.57. The normalized spacial score (nSPS) is 11.5. The van der Waals surface area contributed by atoms with E-state index in [9.17, 15) is 13.2 Å². The molecule has 2 heterocycles. The van der Waals surface area contributed by atoms with Gasteiger partial charge in [0.2, 0.25) is 5.82 Å². The molecule has 0 amide bonds. The summed E-state index contributed by atoms with van der Waals surface area (Å²) in [4.78, 5) is 6.97. The van der Waals surface area contributed by atoms with E-state index in [4.69, 9.17) is 0 Å². The molecule has 2 aromatic heterocycles. The van der Waals surface area contributed by atoms with Crippen molar-refractivity contribution < 1.29 is 13.2 Å². The van der Waals surface area contributed by atoms with Crippen molar-refractivity contribution in [1.29, 1.82) is 0 Å². The van der Waals surface area contributed by atoms with E-state index in [0.717, 1.165) is 6.42 Å². The molecule has 0 saturated carbocycles. The Hall–Kier alpha value is -2.32. The Morgan fingerprint density at radius 1 is 1.24 bits per heavy atom. The molecular weight excluding hydrogens is 285 g/mol. The molecule has 0 bridgehead atoms. The van der Waals surface area contributed by atoms with Crippen molar-refractivity contribution in [3.8, 4) is 0 Å². The highest BCUT2D eigenvalue weighted by Crippen LogP contribution is 2.29. The lowest BCUT2D eigenvalue weighted by Crippen LogP contribution is -2.14. The van der Waals surface area contributed by atoms with Gasteiger partial charge in [-0.2, -0.15) is 18.3 Å². The first-order chi connectivity index (χ1) is 9.88. The Kier molecular flexibility index (Phi) is 4.29. The summed E-state index contributed by atoms with van der Waals surface area (Å²) in [5, 5.41) is 9.53. The van der Waals surface area contributed by atoms with Gasteiger partial charge in [-0.05, 0) is 6.42 Å². The van der Waals surface area contributed by atoms with E-state index in [2.05, 4.69) is 25.7 Å². The van der Waals surface area contributed by atoms with Crippen LogP contribution < -0.4 is 10.6 Å². The Bertz CT molecular complexity index is 607. The van der Waals surface area contributed by atoms with Crippen LogP contribution in [0.25, 0.3) is 0 Å². The maximum Gasteiger partial charge on any atom is 0.451 e. The van der Waals surface area contributed by atoms with Crippen LogP contribution in [0, 0.1) is 0 Å². The third-order valence-corrected chi connectivity index (χ3v) is 2.51. The van der Waals surface area contributed by atoms with Gasteiger partial charge in [0.15, 0.2) is 0 Å². The zero-order valence-corrected chi connectivity index (χ0v) is 11.6. The number of aromatic nitrogens is 4. The Balaban J connectivity index is 2.30. The van der Waals surface area contributed by atoms with Gasteiger partial charge in [-0.3, -0.25) is 4.68 Å². The molecule has 6 nitrogen and oxygen atoms in total. The second kappa shape index (κ2) is 5.98. The average Bonchev–Trinajstić information content (AvgIpc) is 2.80. The Morgan fingerprint density at radius 2 is 1.95 bits per heavy atom. The average molecular weight is 300 g/mol. The van der Waals surface area contributed by atoms with Crippen LogP contribution in [-0.4, -0.2) is 26.3 Å². The van der Waals surface area contributed by atoms with Crippen LogP contribution in [0.15, 0.2) is 18.5 Å². The van der Waals surface area contributed by atoms with Gasteiger partial charge in [-0.1, -0.05) is 6.92 Å². The molecule has 0 aromatic carbocycles. The summed E-state index contributed by atoms with van der Waals surface area (Å²) in [5.74, 6) is -0.996. The Labute approximate surface area is 119 Å². The summed E-state index contributed by atoms with van der Waals surface area (Å²) in [6.45, 7) is 2.44. The number of hydrogen-bond acceptors (Lipinski definition) is 5. The first kappa shape index (κ1) is 15.1. The van der Waals surface area contributed by atoms with Crippen LogP contribution in [0.3, 0.4) is 0 Å². The van der Waals surface area contributed by atoms with E-state index in [0.29, 0.717) is 12.2 Å². The maximum absolute atomic E-state index is 12.8. The molecule has 0 radical (unpaired) electrons. The number of aryl methyl sites for hydroxylation is 1. The first-order valence-electron chi connectivity index (χ1n) is 6.34. The van der Waals surface area contributed by atoms with E-state index in [-0.39, 0.29) is 11.6 Å². The fourth-order valence-corrected chi connectivity index (χ4v) is 1.62. The number of nitrogens with one attached hydrogen (secondary N) is 2. The number of hydrogen-bond donors (Lipinski definition) is 2. The van der Waals surface area contributed by atoms with E-state index in [1.807, 2.05) is 6.92 Å². The lowest BCUT2D eigenvalue weighted by atomic mass is 10.4. The van der Waals surface area contributed by atoms with Crippen molar-refractivity contribution in [2.24, 2.45) is 7.05 Å². The van der Waals surface area contributed by atoms with Gasteiger partial charge in [-0.25, -0.2) is 9.97 Å². The monoisotopic (exact) mass is 300 g/mol. The molecular formula is C12H15F3N6. The largest absolute Gasteiger partial charge is 0.451 e. The number of anilines is 3. The highest BCUT2D eigenvalue weighted by Gasteiger charge is 2.35. The van der Waals surface area contributed by atoms with E-state index >= 15 is 0 Å². The van der Waals surface area contributed by atoms with Crippen molar-refractivity contribution in [1.82, 2.24) is 19.7 Å². The zero-order chi connectivity index (χ0) is 15.5. The maximum atomic E-state index is 12.8. The Morgan fingerprint density at radius 3 is 2.52 bits per heavy atom. The van der Waals surface area contributed by atoms with Gasteiger partial charge in [0.05, 0.1) is 11.9 Å². The van der Waals surface area contributed by atoms with Crippen LogP contribution >= 0.6 is 0 Å². The molecule has 0 aliphatic rings. The van der Waals surface area contributed by atoms with Crippen molar-refractivity contribution in [2.75, 3.05) is 17.2 Å². The number of rotatable bonds is 5. The summed E-state index contributed by atoms with van der Waals surface area (Å²) >= 11 is 0. The van der Waals surface area contributed by atoms with Crippen molar-refractivity contribution in [3.63, 3.8) is 0 Å². The minimum atomic E-state index is -4.60. The fourth-order valence-electron chi connectivity index (χ4n) is 1.62. The SMILES string of the molecule is CCCNc1cc(Nc2cnn(C)c2)nc(C(F)(F)F)n1. The second-order valence-electron chi connectivity index (χ2n) is 4.41. The molecule has 2 N–H and O–H groups in total. The van der Waals surface area contributed by atoms with Crippen LogP contribution in [-0.2, 0) is 13.2 Å². The summed E-state index contributed by atoms with van der Waals surface area (Å²) in [5.41, 5.74) is 0.547. The van der Waals surface area contributed by atoms with Gasteiger partial charge < -0.3 is 10.6 Å². The molecule has 0 aliphatic carbocycles. The van der Waals surface area contributed by atoms with Crippen molar-refractivity contribution >= 4 is 17.3 Å². The number of alkyl halides is 3. The molecule has 0 saturated heterocycles. The van der Waals surface area contributed by atoms with Crippen LogP contribution in [0.2, 0.25) is 0 Å². The summed E-state index contributed by atoms with van der Waals surface area (Å²) in [7, 11) is 1.71.